The quantitative estimate of drug-likeness (QED) is 0.721. The zero-order valence-electron chi connectivity index (χ0n) is 15.7. The standard InChI is InChI=1S/C21H26N2O3S/c1-15(2)7-8-16-9-13-18(14-10-16)27(25,26)23-20-6-4-3-5-19(20)21(24)22-17-11-12-17/h3-6,9-10,13-15,17,23H,7-8,11-12H2,1-2H3,(H,22,24). The van der Waals surface area contributed by atoms with Gasteiger partial charge in [0.05, 0.1) is 16.1 Å². The number of hydrogen-bond acceptors (Lipinski definition) is 3. The third-order valence-electron chi connectivity index (χ3n) is 4.57. The highest BCUT2D eigenvalue weighted by molar-refractivity contribution is 7.92. The molecule has 2 aromatic carbocycles. The van der Waals surface area contributed by atoms with E-state index in [1.54, 1.807) is 36.4 Å². The van der Waals surface area contributed by atoms with E-state index >= 15 is 0 Å². The van der Waals surface area contributed by atoms with Gasteiger partial charge in [0, 0.05) is 6.04 Å². The molecule has 0 bridgehead atoms. The summed E-state index contributed by atoms with van der Waals surface area (Å²) in [5, 5.41) is 2.89. The first-order valence-corrected chi connectivity index (χ1v) is 10.8. The fourth-order valence-corrected chi connectivity index (χ4v) is 3.83. The van der Waals surface area contributed by atoms with Crippen molar-refractivity contribution in [2.45, 2.75) is 50.5 Å². The van der Waals surface area contributed by atoms with E-state index in [-0.39, 0.29) is 16.8 Å². The molecule has 27 heavy (non-hydrogen) atoms. The molecule has 0 aromatic heterocycles. The van der Waals surface area contributed by atoms with Crippen LogP contribution in [0.4, 0.5) is 5.69 Å². The van der Waals surface area contributed by atoms with Crippen LogP contribution in [0.1, 0.15) is 49.0 Å². The van der Waals surface area contributed by atoms with E-state index < -0.39 is 10.0 Å². The average Bonchev–Trinajstić information content (AvgIpc) is 3.44. The highest BCUT2D eigenvalue weighted by atomic mass is 32.2. The number of para-hydroxylation sites is 1. The number of carbonyl (C=O) groups excluding carboxylic acids is 1. The Morgan fingerprint density at radius 1 is 1.07 bits per heavy atom. The summed E-state index contributed by atoms with van der Waals surface area (Å²) >= 11 is 0. The number of carbonyl (C=O) groups is 1. The second kappa shape index (κ2) is 8.13. The largest absolute Gasteiger partial charge is 0.349 e. The molecule has 0 aliphatic heterocycles. The van der Waals surface area contributed by atoms with Crippen molar-refractivity contribution in [2.24, 2.45) is 5.92 Å². The first-order valence-electron chi connectivity index (χ1n) is 9.37. The molecule has 0 heterocycles. The van der Waals surface area contributed by atoms with Crippen molar-refractivity contribution >= 4 is 21.6 Å². The van der Waals surface area contributed by atoms with Crippen molar-refractivity contribution in [1.82, 2.24) is 5.32 Å². The molecule has 1 amide bonds. The molecular weight excluding hydrogens is 360 g/mol. The average molecular weight is 387 g/mol. The maximum Gasteiger partial charge on any atom is 0.261 e. The highest BCUT2D eigenvalue weighted by Gasteiger charge is 2.25. The molecule has 1 aliphatic rings. The Labute approximate surface area is 161 Å². The second-order valence-corrected chi connectivity index (χ2v) is 9.16. The van der Waals surface area contributed by atoms with Gasteiger partial charge in [-0.2, -0.15) is 0 Å². The molecule has 1 fully saturated rings. The first-order chi connectivity index (χ1) is 12.8. The van der Waals surface area contributed by atoms with Crippen LogP contribution < -0.4 is 10.0 Å². The molecule has 2 N–H and O–H groups in total. The third kappa shape index (κ3) is 5.32. The monoisotopic (exact) mass is 386 g/mol. The number of benzene rings is 2. The van der Waals surface area contributed by atoms with Gasteiger partial charge in [-0.25, -0.2) is 8.42 Å². The van der Waals surface area contributed by atoms with Crippen molar-refractivity contribution in [3.05, 3.63) is 59.7 Å². The summed E-state index contributed by atoms with van der Waals surface area (Å²) in [7, 11) is -3.76. The normalized spacial score (nSPS) is 14.2. The summed E-state index contributed by atoms with van der Waals surface area (Å²) in [6.45, 7) is 4.33. The minimum atomic E-state index is -3.76. The van der Waals surface area contributed by atoms with Crippen LogP contribution in [-0.4, -0.2) is 20.4 Å². The van der Waals surface area contributed by atoms with Crippen LogP contribution in [0.2, 0.25) is 0 Å². The smallest absolute Gasteiger partial charge is 0.261 e. The van der Waals surface area contributed by atoms with E-state index in [0.29, 0.717) is 17.2 Å². The van der Waals surface area contributed by atoms with E-state index in [0.717, 1.165) is 31.2 Å². The minimum Gasteiger partial charge on any atom is -0.349 e. The fraction of sp³-hybridized carbons (Fsp3) is 0.381. The molecule has 0 saturated heterocycles. The summed E-state index contributed by atoms with van der Waals surface area (Å²) in [5.74, 6) is 0.355. The van der Waals surface area contributed by atoms with Crippen LogP contribution in [0, 0.1) is 5.92 Å². The second-order valence-electron chi connectivity index (χ2n) is 7.48. The Morgan fingerprint density at radius 3 is 2.37 bits per heavy atom. The number of sulfonamides is 1. The van der Waals surface area contributed by atoms with Crippen LogP contribution in [0.25, 0.3) is 0 Å². The van der Waals surface area contributed by atoms with Gasteiger partial charge >= 0.3 is 0 Å². The van der Waals surface area contributed by atoms with Gasteiger partial charge in [-0.15, -0.1) is 0 Å². The van der Waals surface area contributed by atoms with Gasteiger partial charge in [0.2, 0.25) is 0 Å². The molecule has 2 aromatic rings. The Balaban J connectivity index is 1.75. The van der Waals surface area contributed by atoms with Gasteiger partial charge in [-0.05, 0) is 61.4 Å². The highest BCUT2D eigenvalue weighted by Crippen LogP contribution is 2.23. The predicted molar refractivity (Wildman–Crippen MR) is 107 cm³/mol. The van der Waals surface area contributed by atoms with Crippen molar-refractivity contribution in [2.75, 3.05) is 4.72 Å². The van der Waals surface area contributed by atoms with Gasteiger partial charge in [0.15, 0.2) is 0 Å². The van der Waals surface area contributed by atoms with Crippen LogP contribution in [0.5, 0.6) is 0 Å². The number of aryl methyl sites for hydroxylation is 1. The van der Waals surface area contributed by atoms with Crippen LogP contribution in [0.15, 0.2) is 53.4 Å². The van der Waals surface area contributed by atoms with Crippen LogP contribution >= 0.6 is 0 Å². The first kappa shape index (κ1) is 19.4. The van der Waals surface area contributed by atoms with Crippen molar-refractivity contribution in [3.63, 3.8) is 0 Å². The molecule has 0 radical (unpaired) electrons. The Bertz CT molecular complexity index is 901. The number of amides is 1. The van der Waals surface area contributed by atoms with Gasteiger partial charge in [0.1, 0.15) is 0 Å². The lowest BCUT2D eigenvalue weighted by atomic mass is 10.0. The van der Waals surface area contributed by atoms with Crippen molar-refractivity contribution in [1.29, 1.82) is 0 Å². The third-order valence-corrected chi connectivity index (χ3v) is 5.95. The van der Waals surface area contributed by atoms with Crippen LogP contribution in [-0.2, 0) is 16.4 Å². The lowest BCUT2D eigenvalue weighted by molar-refractivity contribution is 0.0952. The topological polar surface area (TPSA) is 75.3 Å². The van der Waals surface area contributed by atoms with E-state index in [1.165, 1.54) is 0 Å². The zero-order chi connectivity index (χ0) is 19.4. The molecular formula is C21H26N2O3S. The maximum absolute atomic E-state index is 12.7. The molecule has 0 atom stereocenters. The summed E-state index contributed by atoms with van der Waals surface area (Å²) < 4.78 is 28.0. The Morgan fingerprint density at radius 2 is 1.74 bits per heavy atom. The van der Waals surface area contributed by atoms with Crippen molar-refractivity contribution in [3.8, 4) is 0 Å². The van der Waals surface area contributed by atoms with E-state index in [2.05, 4.69) is 23.9 Å². The summed E-state index contributed by atoms with van der Waals surface area (Å²) in [5.41, 5.74) is 1.74. The minimum absolute atomic E-state index is 0.188. The van der Waals surface area contributed by atoms with E-state index in [9.17, 15) is 13.2 Å². The molecule has 1 aliphatic carbocycles. The number of hydrogen-bond donors (Lipinski definition) is 2. The van der Waals surface area contributed by atoms with E-state index in [4.69, 9.17) is 0 Å². The fourth-order valence-electron chi connectivity index (χ4n) is 2.76. The SMILES string of the molecule is CC(C)CCc1ccc(S(=O)(=O)Nc2ccccc2C(=O)NC2CC2)cc1. The summed E-state index contributed by atoms with van der Waals surface area (Å²) in [4.78, 5) is 12.6. The van der Waals surface area contributed by atoms with Gasteiger partial charge in [0.25, 0.3) is 15.9 Å². The van der Waals surface area contributed by atoms with Gasteiger partial charge in [-0.3, -0.25) is 9.52 Å². The molecule has 6 heteroatoms. The van der Waals surface area contributed by atoms with Crippen molar-refractivity contribution < 1.29 is 13.2 Å². The van der Waals surface area contributed by atoms with Crippen LogP contribution in [0.3, 0.4) is 0 Å². The molecule has 1 saturated carbocycles. The summed E-state index contributed by atoms with van der Waals surface area (Å²) in [6.07, 6.45) is 3.94. The molecule has 0 unspecified atom stereocenters. The maximum atomic E-state index is 12.7. The Hall–Kier alpha value is -2.34. The zero-order valence-corrected chi connectivity index (χ0v) is 16.6. The molecule has 0 spiro atoms. The number of rotatable bonds is 8. The van der Waals surface area contributed by atoms with E-state index in [1.807, 2.05) is 12.1 Å². The van der Waals surface area contributed by atoms with Gasteiger partial charge in [-0.1, -0.05) is 38.1 Å². The number of anilines is 1. The lowest BCUT2D eigenvalue weighted by Crippen LogP contribution is -2.27. The molecule has 5 nitrogen and oxygen atoms in total. The lowest BCUT2D eigenvalue weighted by Gasteiger charge is -2.13. The number of nitrogens with one attached hydrogen (secondary N) is 2. The predicted octanol–water partition coefficient (Wildman–Crippen LogP) is 3.97. The molecule has 3 rings (SSSR count). The Kier molecular flexibility index (Phi) is 5.85. The summed E-state index contributed by atoms with van der Waals surface area (Å²) in [6, 6.07) is 13.8. The van der Waals surface area contributed by atoms with Gasteiger partial charge < -0.3 is 5.32 Å². The molecule has 144 valence electrons.